The summed E-state index contributed by atoms with van der Waals surface area (Å²) in [5.41, 5.74) is 3.56. The van der Waals surface area contributed by atoms with Crippen LogP contribution >= 0.6 is 0 Å². The molecule has 6 nitrogen and oxygen atoms in total. The number of hydrogen-bond donors (Lipinski definition) is 0. The first-order chi connectivity index (χ1) is 12.2. The number of hydrogen-bond acceptors (Lipinski definition) is 5. The van der Waals surface area contributed by atoms with E-state index >= 15 is 0 Å². The first-order valence-electron chi connectivity index (χ1n) is 8.25. The van der Waals surface area contributed by atoms with Gasteiger partial charge in [0.2, 0.25) is 0 Å². The van der Waals surface area contributed by atoms with Crippen molar-refractivity contribution in [2.24, 2.45) is 5.92 Å². The molecule has 1 aromatic carbocycles. The van der Waals surface area contributed by atoms with Crippen molar-refractivity contribution in [2.45, 2.75) is 18.9 Å². The second-order valence-corrected chi connectivity index (χ2v) is 6.22. The zero-order chi connectivity index (χ0) is 17.2. The topological polar surface area (TPSA) is 69.9 Å². The van der Waals surface area contributed by atoms with E-state index in [0.29, 0.717) is 12.0 Å². The Morgan fingerprint density at radius 3 is 2.84 bits per heavy atom. The minimum absolute atomic E-state index is 0.306. The van der Waals surface area contributed by atoms with Gasteiger partial charge in [-0.2, -0.15) is 5.10 Å². The number of methoxy groups -OCH3 is 1. The molecule has 0 aliphatic heterocycles. The standard InChI is InChI=1S/C19H18N4O2/c1-25-19(24)7-6-13-8-15(9-13)23-12-14(10-21-23)18-11-20-16-4-2-3-5-17(16)22-18/h2-7,10-13,15H,8-9H2,1H3. The Bertz CT molecular complexity index is 941. The van der Waals surface area contributed by atoms with Gasteiger partial charge in [0.15, 0.2) is 0 Å². The molecule has 25 heavy (non-hydrogen) atoms. The largest absolute Gasteiger partial charge is 0.466 e. The lowest BCUT2D eigenvalue weighted by Crippen LogP contribution is -2.25. The van der Waals surface area contributed by atoms with E-state index in [4.69, 9.17) is 0 Å². The highest BCUT2D eigenvalue weighted by molar-refractivity contribution is 5.81. The van der Waals surface area contributed by atoms with E-state index in [0.717, 1.165) is 35.1 Å². The number of para-hydroxylation sites is 2. The number of carbonyl (C=O) groups is 1. The molecule has 0 atom stereocenters. The number of carbonyl (C=O) groups excluding carboxylic acids is 1. The molecule has 1 saturated carbocycles. The molecule has 0 unspecified atom stereocenters. The van der Waals surface area contributed by atoms with E-state index < -0.39 is 0 Å². The van der Waals surface area contributed by atoms with Crippen LogP contribution in [0.15, 0.2) is 55.0 Å². The van der Waals surface area contributed by atoms with Gasteiger partial charge in [0.1, 0.15) is 0 Å². The van der Waals surface area contributed by atoms with Crippen LogP contribution in [0.4, 0.5) is 0 Å². The molecule has 2 heterocycles. The van der Waals surface area contributed by atoms with Gasteiger partial charge in [-0.15, -0.1) is 0 Å². The molecule has 6 heteroatoms. The third-order valence-corrected chi connectivity index (χ3v) is 4.58. The molecule has 2 aromatic heterocycles. The van der Waals surface area contributed by atoms with Gasteiger partial charge in [-0.25, -0.2) is 9.78 Å². The lowest BCUT2D eigenvalue weighted by Gasteiger charge is -2.33. The van der Waals surface area contributed by atoms with Gasteiger partial charge in [0.05, 0.1) is 42.3 Å². The third kappa shape index (κ3) is 3.15. The van der Waals surface area contributed by atoms with Crippen molar-refractivity contribution < 1.29 is 9.53 Å². The second-order valence-electron chi connectivity index (χ2n) is 6.22. The van der Waals surface area contributed by atoms with Crippen LogP contribution in [0.3, 0.4) is 0 Å². The van der Waals surface area contributed by atoms with Gasteiger partial charge in [-0.1, -0.05) is 18.2 Å². The summed E-state index contributed by atoms with van der Waals surface area (Å²) in [7, 11) is 1.39. The smallest absolute Gasteiger partial charge is 0.330 e. The first kappa shape index (κ1) is 15.5. The number of rotatable bonds is 4. The van der Waals surface area contributed by atoms with Crippen molar-refractivity contribution in [3.63, 3.8) is 0 Å². The van der Waals surface area contributed by atoms with Crippen LogP contribution in [0.25, 0.3) is 22.3 Å². The molecule has 3 aromatic rings. The normalized spacial score (nSPS) is 19.9. The molecule has 0 amide bonds. The minimum atomic E-state index is -0.306. The second kappa shape index (κ2) is 6.47. The van der Waals surface area contributed by atoms with Gasteiger partial charge < -0.3 is 4.74 Å². The molecule has 0 N–H and O–H groups in total. The van der Waals surface area contributed by atoms with Crippen molar-refractivity contribution in [1.82, 2.24) is 19.7 Å². The van der Waals surface area contributed by atoms with Gasteiger partial charge in [0.25, 0.3) is 0 Å². The van der Waals surface area contributed by atoms with Gasteiger partial charge in [-0.05, 0) is 30.9 Å². The van der Waals surface area contributed by atoms with E-state index in [1.165, 1.54) is 13.2 Å². The Hall–Kier alpha value is -3.02. The zero-order valence-electron chi connectivity index (χ0n) is 13.9. The average molecular weight is 334 g/mol. The third-order valence-electron chi connectivity index (χ3n) is 4.58. The summed E-state index contributed by atoms with van der Waals surface area (Å²) < 4.78 is 6.59. The van der Waals surface area contributed by atoms with Crippen LogP contribution in [0.2, 0.25) is 0 Å². The molecule has 0 spiro atoms. The number of aromatic nitrogens is 4. The fourth-order valence-corrected chi connectivity index (χ4v) is 3.05. The summed E-state index contributed by atoms with van der Waals surface area (Å²) in [6, 6.07) is 8.18. The van der Waals surface area contributed by atoms with Crippen LogP contribution in [0.1, 0.15) is 18.9 Å². The summed E-state index contributed by atoms with van der Waals surface area (Å²) in [5.74, 6) is 0.0944. The number of ether oxygens (including phenoxy) is 1. The summed E-state index contributed by atoms with van der Waals surface area (Å²) in [6.45, 7) is 0. The van der Waals surface area contributed by atoms with Crippen molar-refractivity contribution in [1.29, 1.82) is 0 Å². The fraction of sp³-hybridized carbons (Fsp3) is 0.263. The quantitative estimate of drug-likeness (QED) is 0.541. The molecule has 1 fully saturated rings. The fourth-order valence-electron chi connectivity index (χ4n) is 3.05. The Morgan fingerprint density at radius 2 is 2.04 bits per heavy atom. The SMILES string of the molecule is COC(=O)C=CC1CC(n2cc(-c3cnc4ccccc4n3)cn2)C1. The Kier molecular flexibility index (Phi) is 4.01. The lowest BCUT2D eigenvalue weighted by atomic mass is 9.80. The summed E-state index contributed by atoms with van der Waals surface area (Å²) in [5, 5.41) is 4.47. The zero-order valence-corrected chi connectivity index (χ0v) is 13.9. The Morgan fingerprint density at radius 1 is 1.24 bits per heavy atom. The maximum Gasteiger partial charge on any atom is 0.330 e. The van der Waals surface area contributed by atoms with E-state index in [2.05, 4.69) is 19.8 Å². The van der Waals surface area contributed by atoms with Crippen molar-refractivity contribution >= 4 is 17.0 Å². The first-order valence-corrected chi connectivity index (χ1v) is 8.25. The highest BCUT2D eigenvalue weighted by Gasteiger charge is 2.29. The molecular formula is C19H18N4O2. The van der Waals surface area contributed by atoms with E-state index in [9.17, 15) is 4.79 Å². The summed E-state index contributed by atoms with van der Waals surface area (Å²) >= 11 is 0. The molecule has 4 rings (SSSR count). The van der Waals surface area contributed by atoms with Crippen molar-refractivity contribution in [3.8, 4) is 11.3 Å². The van der Waals surface area contributed by atoms with Crippen molar-refractivity contribution in [3.05, 3.63) is 55.0 Å². The Balaban J connectivity index is 1.46. The van der Waals surface area contributed by atoms with Crippen LogP contribution in [-0.4, -0.2) is 32.8 Å². The van der Waals surface area contributed by atoms with Gasteiger partial charge in [-0.3, -0.25) is 9.67 Å². The van der Waals surface area contributed by atoms with Crippen LogP contribution < -0.4 is 0 Å². The van der Waals surface area contributed by atoms with Gasteiger partial charge >= 0.3 is 5.97 Å². The highest BCUT2D eigenvalue weighted by Crippen LogP contribution is 2.38. The van der Waals surface area contributed by atoms with E-state index in [1.54, 1.807) is 6.20 Å². The predicted molar refractivity (Wildman–Crippen MR) is 93.7 cm³/mol. The van der Waals surface area contributed by atoms with E-state index in [-0.39, 0.29) is 5.97 Å². The Labute approximate surface area is 145 Å². The number of esters is 1. The lowest BCUT2D eigenvalue weighted by molar-refractivity contribution is -0.134. The minimum Gasteiger partial charge on any atom is -0.466 e. The van der Waals surface area contributed by atoms with Crippen LogP contribution in [-0.2, 0) is 9.53 Å². The summed E-state index contributed by atoms with van der Waals surface area (Å²) in [6.07, 6.45) is 11.0. The van der Waals surface area contributed by atoms with Crippen molar-refractivity contribution in [2.75, 3.05) is 7.11 Å². The maximum atomic E-state index is 11.1. The number of benzene rings is 1. The van der Waals surface area contributed by atoms with Crippen LogP contribution in [0.5, 0.6) is 0 Å². The molecular weight excluding hydrogens is 316 g/mol. The molecule has 0 radical (unpaired) electrons. The number of nitrogens with zero attached hydrogens (tertiary/aromatic N) is 4. The monoisotopic (exact) mass is 334 g/mol. The molecule has 1 aliphatic carbocycles. The molecule has 0 bridgehead atoms. The van der Waals surface area contributed by atoms with E-state index in [1.807, 2.05) is 47.4 Å². The summed E-state index contributed by atoms with van der Waals surface area (Å²) in [4.78, 5) is 20.2. The average Bonchev–Trinajstić information content (AvgIpc) is 3.09. The molecule has 1 aliphatic rings. The predicted octanol–water partition coefficient (Wildman–Crippen LogP) is 3.17. The molecule has 0 saturated heterocycles. The molecule has 126 valence electrons. The number of allylic oxidation sites excluding steroid dienone is 1. The van der Waals surface area contributed by atoms with Gasteiger partial charge in [0, 0.05) is 17.8 Å². The van der Waals surface area contributed by atoms with Crippen LogP contribution in [0, 0.1) is 5.92 Å². The highest BCUT2D eigenvalue weighted by atomic mass is 16.5. The number of fused-ring (bicyclic) bond motifs is 1. The maximum absolute atomic E-state index is 11.1.